The average molecular weight is 410 g/mol. The first-order valence-electron chi connectivity index (χ1n) is 4.63. The molecule has 0 fully saturated rings. The quantitative estimate of drug-likeness (QED) is 0.490. The summed E-state index contributed by atoms with van der Waals surface area (Å²) in [4.78, 5) is 0. The summed E-state index contributed by atoms with van der Waals surface area (Å²) in [5, 5.41) is 0. The highest BCUT2D eigenvalue weighted by Crippen LogP contribution is 2.28. The molecule has 0 radical (unpaired) electrons. The molecular formula is C9H20I2N2. The van der Waals surface area contributed by atoms with Crippen molar-refractivity contribution in [3.63, 3.8) is 0 Å². The largest absolute Gasteiger partial charge is 0.251 e. The van der Waals surface area contributed by atoms with Crippen LogP contribution in [0.4, 0.5) is 0 Å². The molecule has 0 spiro atoms. The van der Waals surface area contributed by atoms with E-state index in [1.54, 1.807) is 0 Å². The second kappa shape index (κ2) is 6.79. The van der Waals surface area contributed by atoms with Crippen LogP contribution < -0.4 is 0 Å². The lowest BCUT2D eigenvalue weighted by atomic mass is 9.84. The summed E-state index contributed by atoms with van der Waals surface area (Å²) in [5.74, 6) is 0. The molecule has 2 nitrogen and oxygen atoms in total. The predicted octanol–water partition coefficient (Wildman–Crippen LogP) is 3.36. The number of hydrogen-bond donors (Lipinski definition) is 0. The van der Waals surface area contributed by atoms with Crippen LogP contribution in [-0.2, 0) is 0 Å². The van der Waals surface area contributed by atoms with E-state index in [9.17, 15) is 0 Å². The molecule has 0 saturated heterocycles. The number of nitrogens with zero attached hydrogens (tertiary/aromatic N) is 2. The van der Waals surface area contributed by atoms with Gasteiger partial charge in [-0.25, -0.2) is 0 Å². The summed E-state index contributed by atoms with van der Waals surface area (Å²) in [6.45, 7) is 7.01. The molecule has 1 atom stereocenters. The van der Waals surface area contributed by atoms with Crippen molar-refractivity contribution in [3.05, 3.63) is 0 Å². The van der Waals surface area contributed by atoms with Gasteiger partial charge in [0.15, 0.2) is 0 Å². The zero-order chi connectivity index (χ0) is 10.5. The van der Waals surface area contributed by atoms with Gasteiger partial charge in [-0.3, -0.25) is 6.23 Å². The lowest BCUT2D eigenvalue weighted by Crippen LogP contribution is -2.30. The third-order valence-corrected chi connectivity index (χ3v) is 3.30. The van der Waals surface area contributed by atoms with Gasteiger partial charge in [0.2, 0.25) is 0 Å². The van der Waals surface area contributed by atoms with Gasteiger partial charge < -0.3 is 0 Å². The molecule has 13 heavy (non-hydrogen) atoms. The van der Waals surface area contributed by atoms with Crippen LogP contribution in [0.15, 0.2) is 0 Å². The third kappa shape index (κ3) is 7.33. The molecule has 0 aliphatic carbocycles. The molecular weight excluding hydrogens is 390 g/mol. The fraction of sp³-hybridized carbons (Fsp3) is 1.00. The fourth-order valence-corrected chi connectivity index (χ4v) is 2.38. The molecule has 0 saturated carbocycles. The zero-order valence-corrected chi connectivity index (χ0v) is 13.3. The van der Waals surface area contributed by atoms with Crippen molar-refractivity contribution >= 4 is 45.7 Å². The Morgan fingerprint density at radius 3 is 2.00 bits per heavy atom. The van der Waals surface area contributed by atoms with E-state index in [-0.39, 0.29) is 0 Å². The van der Waals surface area contributed by atoms with E-state index in [1.807, 2.05) is 0 Å². The van der Waals surface area contributed by atoms with E-state index in [2.05, 4.69) is 79.9 Å². The van der Waals surface area contributed by atoms with Gasteiger partial charge in [-0.05, 0) is 32.4 Å². The summed E-state index contributed by atoms with van der Waals surface area (Å²) in [6, 6.07) is 0. The van der Waals surface area contributed by atoms with Crippen LogP contribution in [0.1, 0.15) is 26.7 Å². The van der Waals surface area contributed by atoms with Gasteiger partial charge >= 0.3 is 0 Å². The summed E-state index contributed by atoms with van der Waals surface area (Å²) in [5.41, 5.74) is 0.468. The van der Waals surface area contributed by atoms with Crippen LogP contribution >= 0.6 is 45.7 Å². The monoisotopic (exact) mass is 410 g/mol. The molecule has 0 rings (SSSR count). The molecule has 0 heterocycles. The topological polar surface area (TPSA) is 6.48 Å². The number of rotatable bonds is 6. The first kappa shape index (κ1) is 14.4. The van der Waals surface area contributed by atoms with Crippen LogP contribution in [-0.4, -0.2) is 33.4 Å². The van der Waals surface area contributed by atoms with E-state index >= 15 is 0 Å². The van der Waals surface area contributed by atoms with Crippen molar-refractivity contribution in [2.24, 2.45) is 5.41 Å². The summed E-state index contributed by atoms with van der Waals surface area (Å²) >= 11 is 4.72. The van der Waals surface area contributed by atoms with Crippen LogP contribution in [0.3, 0.4) is 0 Å². The molecule has 0 aromatic heterocycles. The van der Waals surface area contributed by atoms with Gasteiger partial charge in [0, 0.05) is 58.8 Å². The summed E-state index contributed by atoms with van der Waals surface area (Å²) in [6.07, 6.45) is 2.53. The molecule has 1 unspecified atom stereocenters. The Bertz CT molecular complexity index is 140. The molecule has 0 bridgehead atoms. The van der Waals surface area contributed by atoms with Gasteiger partial charge in [0.1, 0.15) is 0 Å². The predicted molar refractivity (Wildman–Crippen MR) is 76.3 cm³/mol. The van der Waals surface area contributed by atoms with Gasteiger partial charge in [-0.15, -0.1) is 0 Å². The van der Waals surface area contributed by atoms with Gasteiger partial charge in [0.25, 0.3) is 0 Å². The number of halogens is 2. The first-order valence-corrected chi connectivity index (χ1v) is 6.56. The second-order valence-corrected chi connectivity index (χ2v) is 7.30. The molecule has 0 N–H and O–H groups in total. The zero-order valence-electron chi connectivity index (χ0n) is 8.98. The molecule has 4 heteroatoms. The Labute approximate surface area is 110 Å². The molecule has 0 amide bonds. The fourth-order valence-electron chi connectivity index (χ4n) is 1.32. The van der Waals surface area contributed by atoms with Crippen LogP contribution in [0.5, 0.6) is 0 Å². The lowest BCUT2D eigenvalue weighted by Gasteiger charge is -2.31. The molecule has 0 aromatic carbocycles. The Morgan fingerprint density at radius 2 is 1.69 bits per heavy atom. The van der Waals surface area contributed by atoms with E-state index in [1.165, 1.54) is 25.9 Å². The van der Waals surface area contributed by atoms with Crippen molar-refractivity contribution in [1.29, 1.82) is 0 Å². The standard InChI is InChI=1S/C9H20I2N2/c1-5-9(2,8-13(4)11)6-7-12(3)10/h5-8H2,1-4H3. The van der Waals surface area contributed by atoms with Gasteiger partial charge in [0.05, 0.1) is 0 Å². The van der Waals surface area contributed by atoms with E-state index in [0.717, 1.165) is 0 Å². The Morgan fingerprint density at radius 1 is 1.15 bits per heavy atom. The van der Waals surface area contributed by atoms with Crippen LogP contribution in [0.25, 0.3) is 0 Å². The van der Waals surface area contributed by atoms with Gasteiger partial charge in [-0.2, -0.15) is 0 Å². The minimum Gasteiger partial charge on any atom is -0.251 e. The normalized spacial score (nSPS) is 16.6. The lowest BCUT2D eigenvalue weighted by molar-refractivity contribution is 0.235. The Hall–Kier alpha value is 1.38. The van der Waals surface area contributed by atoms with Crippen molar-refractivity contribution in [2.45, 2.75) is 26.7 Å². The van der Waals surface area contributed by atoms with Crippen LogP contribution in [0.2, 0.25) is 0 Å². The van der Waals surface area contributed by atoms with E-state index in [0.29, 0.717) is 5.41 Å². The van der Waals surface area contributed by atoms with Crippen molar-refractivity contribution in [1.82, 2.24) is 6.23 Å². The smallest absolute Gasteiger partial charge is 0.0198 e. The summed E-state index contributed by atoms with van der Waals surface area (Å²) in [7, 11) is 4.27. The minimum atomic E-state index is 0.468. The Kier molecular flexibility index (Phi) is 7.51. The highest BCUT2D eigenvalue weighted by Gasteiger charge is 2.23. The highest BCUT2D eigenvalue weighted by molar-refractivity contribution is 14.1. The first-order chi connectivity index (χ1) is 5.89. The molecule has 0 aliphatic rings. The second-order valence-electron chi connectivity index (χ2n) is 4.01. The SMILES string of the molecule is CCC(C)(CCN(C)I)CN(C)I. The van der Waals surface area contributed by atoms with E-state index < -0.39 is 0 Å². The molecule has 0 aliphatic heterocycles. The van der Waals surface area contributed by atoms with Crippen LogP contribution in [0, 0.1) is 5.41 Å². The maximum atomic E-state index is 2.38. The maximum absolute atomic E-state index is 2.38. The highest BCUT2D eigenvalue weighted by atomic mass is 127. The molecule has 0 aromatic rings. The minimum absolute atomic E-state index is 0.468. The summed E-state index contributed by atoms with van der Waals surface area (Å²) < 4.78 is 4.49. The maximum Gasteiger partial charge on any atom is 0.0198 e. The van der Waals surface area contributed by atoms with Crippen molar-refractivity contribution < 1.29 is 0 Å². The van der Waals surface area contributed by atoms with Crippen molar-refractivity contribution in [2.75, 3.05) is 27.2 Å². The van der Waals surface area contributed by atoms with E-state index in [4.69, 9.17) is 0 Å². The third-order valence-electron chi connectivity index (χ3n) is 2.48. The number of hydrogen-bond acceptors (Lipinski definition) is 2. The van der Waals surface area contributed by atoms with Crippen molar-refractivity contribution in [3.8, 4) is 0 Å². The Balaban J connectivity index is 3.96. The average Bonchev–Trinajstić information content (AvgIpc) is 2.00. The molecule has 80 valence electrons. The van der Waals surface area contributed by atoms with Gasteiger partial charge in [-0.1, -0.05) is 13.8 Å².